The predicted octanol–water partition coefficient (Wildman–Crippen LogP) is 3.36. The number of nitrogens with zero attached hydrogens (tertiary/aromatic N) is 4. The van der Waals surface area contributed by atoms with Crippen LogP contribution in [0.1, 0.15) is 17.7 Å². The molecule has 0 saturated carbocycles. The molecule has 3 heterocycles. The number of methoxy groups -OCH3 is 1. The van der Waals surface area contributed by atoms with Crippen LogP contribution in [-0.4, -0.2) is 33.3 Å². The maximum atomic E-state index is 5.33. The van der Waals surface area contributed by atoms with Crippen LogP contribution in [0.25, 0.3) is 11.3 Å². The summed E-state index contributed by atoms with van der Waals surface area (Å²) in [5.41, 5.74) is 4.68. The third-order valence-corrected chi connectivity index (χ3v) is 4.61. The Hall–Kier alpha value is -2.66. The van der Waals surface area contributed by atoms with E-state index in [1.54, 1.807) is 7.11 Å². The Bertz CT molecular complexity index is 844. The second-order valence-electron chi connectivity index (χ2n) is 6.40. The zero-order valence-corrected chi connectivity index (χ0v) is 14.4. The number of hydrogen-bond acceptors (Lipinski definition) is 4. The third-order valence-electron chi connectivity index (χ3n) is 4.61. The fraction of sp³-hybridized carbons (Fsp3) is 0.300. The summed E-state index contributed by atoms with van der Waals surface area (Å²) in [7, 11) is 1.69. The topological polar surface area (TPSA) is 43.2 Å². The highest BCUT2D eigenvalue weighted by Gasteiger charge is 2.17. The zero-order valence-electron chi connectivity index (χ0n) is 14.4. The monoisotopic (exact) mass is 334 g/mol. The van der Waals surface area contributed by atoms with E-state index < -0.39 is 0 Å². The van der Waals surface area contributed by atoms with Crippen molar-refractivity contribution >= 4 is 0 Å². The summed E-state index contributed by atoms with van der Waals surface area (Å²) in [6.07, 6.45) is 4.83. The number of fused-ring (bicyclic) bond motifs is 1. The average Bonchev–Trinajstić information content (AvgIpc) is 2.96. The molecule has 0 bridgehead atoms. The summed E-state index contributed by atoms with van der Waals surface area (Å²) in [5.74, 6) is 0.861. The molecule has 0 spiro atoms. The van der Waals surface area contributed by atoms with Gasteiger partial charge in [-0.15, -0.1) is 0 Å². The lowest BCUT2D eigenvalue weighted by Crippen LogP contribution is -2.22. The minimum Gasteiger partial charge on any atom is -0.497 e. The third kappa shape index (κ3) is 3.56. The molecule has 1 aliphatic rings. The summed E-state index contributed by atoms with van der Waals surface area (Å²) >= 11 is 0. The van der Waals surface area contributed by atoms with Crippen molar-refractivity contribution in [3.8, 4) is 17.0 Å². The maximum absolute atomic E-state index is 5.33. The summed E-state index contributed by atoms with van der Waals surface area (Å²) in [6.45, 7) is 3.91. The van der Waals surface area contributed by atoms with Crippen LogP contribution in [0, 0.1) is 0 Å². The van der Waals surface area contributed by atoms with Gasteiger partial charge in [0.2, 0.25) is 0 Å². The zero-order chi connectivity index (χ0) is 17.1. The molecular formula is C20H22N4O. The van der Waals surface area contributed by atoms with Crippen LogP contribution in [0.15, 0.2) is 54.9 Å². The molecule has 0 saturated heterocycles. The second kappa shape index (κ2) is 7.07. The van der Waals surface area contributed by atoms with Gasteiger partial charge in [0.15, 0.2) is 0 Å². The normalized spacial score (nSPS) is 14.8. The fourth-order valence-corrected chi connectivity index (χ4v) is 3.33. The standard InChI is InChI=1S/C20H22N4O/c1-25-19-5-2-4-17(12-19)20-13-18-15-23(10-3-11-24(18)22-20)14-16-6-8-21-9-7-16/h2,4-9,12-13H,3,10-11,14-15H2,1H3. The number of hydrogen-bond donors (Lipinski definition) is 0. The Morgan fingerprint density at radius 1 is 1.08 bits per heavy atom. The average molecular weight is 334 g/mol. The highest BCUT2D eigenvalue weighted by Crippen LogP contribution is 2.25. The fourth-order valence-electron chi connectivity index (χ4n) is 3.33. The molecular weight excluding hydrogens is 312 g/mol. The lowest BCUT2D eigenvalue weighted by atomic mass is 10.1. The van der Waals surface area contributed by atoms with E-state index >= 15 is 0 Å². The number of rotatable bonds is 4. The minimum absolute atomic E-state index is 0.861. The van der Waals surface area contributed by atoms with Crippen molar-refractivity contribution in [1.29, 1.82) is 0 Å². The SMILES string of the molecule is COc1cccc(-c2cc3n(n2)CCCN(Cc2ccncc2)C3)c1. The molecule has 5 heteroatoms. The van der Waals surface area contributed by atoms with Gasteiger partial charge >= 0.3 is 0 Å². The first-order chi connectivity index (χ1) is 12.3. The van der Waals surface area contributed by atoms with Gasteiger partial charge in [-0.05, 0) is 42.3 Å². The van der Waals surface area contributed by atoms with E-state index in [0.29, 0.717) is 0 Å². The highest BCUT2D eigenvalue weighted by atomic mass is 16.5. The van der Waals surface area contributed by atoms with Crippen LogP contribution in [0.2, 0.25) is 0 Å². The molecule has 0 unspecified atom stereocenters. The molecule has 2 aromatic heterocycles. The van der Waals surface area contributed by atoms with E-state index in [1.807, 2.05) is 30.6 Å². The molecule has 0 aliphatic carbocycles. The Morgan fingerprint density at radius 2 is 1.96 bits per heavy atom. The molecule has 3 aromatic rings. The molecule has 0 fully saturated rings. The molecule has 0 N–H and O–H groups in total. The van der Waals surface area contributed by atoms with Gasteiger partial charge in [-0.2, -0.15) is 5.10 Å². The number of aryl methyl sites for hydroxylation is 1. The lowest BCUT2D eigenvalue weighted by molar-refractivity contribution is 0.261. The first-order valence-corrected chi connectivity index (χ1v) is 8.64. The van der Waals surface area contributed by atoms with E-state index in [2.05, 4.69) is 38.8 Å². The molecule has 0 radical (unpaired) electrons. The number of aromatic nitrogens is 3. The molecule has 5 nitrogen and oxygen atoms in total. The van der Waals surface area contributed by atoms with Gasteiger partial charge in [-0.3, -0.25) is 14.6 Å². The molecule has 25 heavy (non-hydrogen) atoms. The van der Waals surface area contributed by atoms with Gasteiger partial charge in [0, 0.05) is 44.1 Å². The Morgan fingerprint density at radius 3 is 2.80 bits per heavy atom. The molecule has 0 atom stereocenters. The van der Waals surface area contributed by atoms with Crippen molar-refractivity contribution in [1.82, 2.24) is 19.7 Å². The number of benzene rings is 1. The highest BCUT2D eigenvalue weighted by molar-refractivity contribution is 5.61. The lowest BCUT2D eigenvalue weighted by Gasteiger charge is -2.19. The van der Waals surface area contributed by atoms with Gasteiger partial charge in [-0.1, -0.05) is 12.1 Å². The molecule has 1 aliphatic heterocycles. The van der Waals surface area contributed by atoms with Crippen molar-refractivity contribution in [2.75, 3.05) is 13.7 Å². The summed E-state index contributed by atoms with van der Waals surface area (Å²) in [5, 5.41) is 4.82. The maximum Gasteiger partial charge on any atom is 0.119 e. The van der Waals surface area contributed by atoms with E-state index in [9.17, 15) is 0 Å². The van der Waals surface area contributed by atoms with Crippen LogP contribution in [0.5, 0.6) is 5.75 Å². The minimum atomic E-state index is 0.861. The van der Waals surface area contributed by atoms with E-state index in [4.69, 9.17) is 9.84 Å². The van der Waals surface area contributed by atoms with Crippen molar-refractivity contribution in [2.45, 2.75) is 26.1 Å². The molecule has 1 aromatic carbocycles. The van der Waals surface area contributed by atoms with Gasteiger partial charge in [0.05, 0.1) is 18.5 Å². The van der Waals surface area contributed by atoms with Gasteiger partial charge < -0.3 is 4.74 Å². The van der Waals surface area contributed by atoms with Crippen LogP contribution < -0.4 is 4.74 Å². The van der Waals surface area contributed by atoms with Crippen LogP contribution in [0.4, 0.5) is 0 Å². The summed E-state index contributed by atoms with van der Waals surface area (Å²) < 4.78 is 7.49. The summed E-state index contributed by atoms with van der Waals surface area (Å²) in [6, 6.07) is 14.5. The van der Waals surface area contributed by atoms with Gasteiger partial charge in [0.1, 0.15) is 5.75 Å². The quantitative estimate of drug-likeness (QED) is 0.734. The molecule has 4 rings (SSSR count). The molecule has 128 valence electrons. The van der Waals surface area contributed by atoms with Crippen molar-refractivity contribution in [2.24, 2.45) is 0 Å². The number of pyridine rings is 1. The first-order valence-electron chi connectivity index (χ1n) is 8.64. The Labute approximate surface area is 147 Å². The predicted molar refractivity (Wildman–Crippen MR) is 97.2 cm³/mol. The van der Waals surface area contributed by atoms with Crippen LogP contribution in [0.3, 0.4) is 0 Å². The van der Waals surface area contributed by atoms with Gasteiger partial charge in [-0.25, -0.2) is 0 Å². The van der Waals surface area contributed by atoms with Gasteiger partial charge in [0.25, 0.3) is 0 Å². The van der Waals surface area contributed by atoms with Crippen molar-refractivity contribution in [3.63, 3.8) is 0 Å². The van der Waals surface area contributed by atoms with Crippen molar-refractivity contribution in [3.05, 3.63) is 66.1 Å². The van der Waals surface area contributed by atoms with Crippen LogP contribution >= 0.6 is 0 Å². The summed E-state index contributed by atoms with van der Waals surface area (Å²) in [4.78, 5) is 6.58. The van der Waals surface area contributed by atoms with Crippen LogP contribution in [-0.2, 0) is 19.6 Å². The number of ether oxygens (including phenoxy) is 1. The Kier molecular flexibility index (Phi) is 4.48. The van der Waals surface area contributed by atoms with Crippen molar-refractivity contribution < 1.29 is 4.74 Å². The van der Waals surface area contributed by atoms with E-state index in [0.717, 1.165) is 49.6 Å². The second-order valence-corrected chi connectivity index (χ2v) is 6.40. The smallest absolute Gasteiger partial charge is 0.119 e. The molecule has 0 amide bonds. The van der Waals surface area contributed by atoms with E-state index in [1.165, 1.54) is 11.3 Å². The van der Waals surface area contributed by atoms with E-state index in [-0.39, 0.29) is 0 Å². The first kappa shape index (κ1) is 15.8. The largest absolute Gasteiger partial charge is 0.497 e. The Balaban J connectivity index is 1.56.